The molecule has 8 nitrogen and oxygen atoms in total. The van der Waals surface area contributed by atoms with Crippen LogP contribution in [0.25, 0.3) is 11.1 Å². The number of nitrogens with zero attached hydrogens (tertiary/aromatic N) is 2. The zero-order chi connectivity index (χ0) is 23.5. The van der Waals surface area contributed by atoms with Gasteiger partial charge in [-0.1, -0.05) is 24.3 Å². The number of halogens is 1. The fourth-order valence-electron chi connectivity index (χ4n) is 3.95. The first-order valence-electron chi connectivity index (χ1n) is 10.6. The molecule has 1 amide bonds. The van der Waals surface area contributed by atoms with Crippen molar-refractivity contribution in [3.8, 4) is 0 Å². The molecule has 10 heteroatoms. The summed E-state index contributed by atoms with van der Waals surface area (Å²) < 4.78 is 15.0. The molecule has 7 N–H and O–H groups in total. The average molecular weight is 468 g/mol. The highest BCUT2D eigenvalue weighted by atomic mass is 32.1. The Labute approximate surface area is 195 Å². The summed E-state index contributed by atoms with van der Waals surface area (Å²) in [6.45, 7) is 2.31. The maximum Gasteiger partial charge on any atom is 0.268 e. The maximum atomic E-state index is 15.0. The summed E-state index contributed by atoms with van der Waals surface area (Å²) in [5.41, 5.74) is 15.1. The topological polar surface area (TPSA) is 135 Å². The van der Waals surface area contributed by atoms with Crippen molar-refractivity contribution < 1.29 is 9.18 Å². The van der Waals surface area contributed by atoms with Gasteiger partial charge in [0, 0.05) is 42.8 Å². The van der Waals surface area contributed by atoms with Crippen molar-refractivity contribution in [1.82, 2.24) is 9.80 Å². The van der Waals surface area contributed by atoms with Gasteiger partial charge in [0.25, 0.3) is 5.91 Å². The first-order valence-corrected chi connectivity index (χ1v) is 11.5. The predicted octanol–water partition coefficient (Wildman–Crippen LogP) is 3.10. The van der Waals surface area contributed by atoms with E-state index < -0.39 is 11.7 Å². The number of hydrogen-bond donors (Lipinski definition) is 5. The van der Waals surface area contributed by atoms with Gasteiger partial charge in [0.05, 0.1) is 0 Å². The summed E-state index contributed by atoms with van der Waals surface area (Å²) in [6, 6.07) is 7.46. The average Bonchev–Trinajstić information content (AvgIpc) is 3.21. The van der Waals surface area contributed by atoms with Crippen molar-refractivity contribution >= 4 is 46.0 Å². The monoisotopic (exact) mass is 467 g/mol. The molecule has 0 saturated heterocycles. The number of nitrogens with one attached hydrogen (secondary N) is 3. The minimum atomic E-state index is -0.515. The molecule has 2 aromatic rings. The van der Waals surface area contributed by atoms with Crippen LogP contribution in [0, 0.1) is 16.6 Å². The molecule has 0 spiro atoms. The Hall–Kier alpha value is -3.66. The highest BCUT2D eigenvalue weighted by Gasteiger charge is 2.23. The van der Waals surface area contributed by atoms with E-state index >= 15 is 4.39 Å². The highest BCUT2D eigenvalue weighted by molar-refractivity contribution is 7.12. The Morgan fingerprint density at radius 2 is 1.55 bits per heavy atom. The summed E-state index contributed by atoms with van der Waals surface area (Å²) in [6.07, 6.45) is 5.26. The van der Waals surface area contributed by atoms with E-state index in [-0.39, 0.29) is 16.8 Å². The van der Waals surface area contributed by atoms with Gasteiger partial charge < -0.3 is 26.6 Å². The van der Waals surface area contributed by atoms with Crippen molar-refractivity contribution in [2.45, 2.75) is 12.8 Å². The number of carbonyl (C=O) groups excluding carboxylic acids is 1. The number of benzene rings is 1. The van der Waals surface area contributed by atoms with E-state index in [0.29, 0.717) is 43.9 Å². The lowest BCUT2D eigenvalue weighted by Gasteiger charge is -2.26. The van der Waals surface area contributed by atoms with Crippen LogP contribution < -0.4 is 16.8 Å². The minimum absolute atomic E-state index is 0.0000124. The van der Waals surface area contributed by atoms with Crippen LogP contribution in [0.1, 0.15) is 33.6 Å². The van der Waals surface area contributed by atoms with E-state index in [9.17, 15) is 4.79 Å². The Morgan fingerprint density at radius 3 is 2.06 bits per heavy atom. The second-order valence-corrected chi connectivity index (χ2v) is 8.82. The highest BCUT2D eigenvalue weighted by Crippen LogP contribution is 2.31. The third kappa shape index (κ3) is 4.90. The van der Waals surface area contributed by atoms with E-state index in [1.807, 2.05) is 18.2 Å². The van der Waals surface area contributed by atoms with Gasteiger partial charge in [-0.2, -0.15) is 0 Å². The lowest BCUT2D eigenvalue weighted by atomic mass is 9.99. The maximum absolute atomic E-state index is 15.0. The molecule has 3 heterocycles. The molecule has 0 bridgehead atoms. The van der Waals surface area contributed by atoms with Gasteiger partial charge in [0.15, 0.2) is 17.7 Å². The summed E-state index contributed by atoms with van der Waals surface area (Å²) in [7, 11) is 0. The Balaban J connectivity index is 1.41. The van der Waals surface area contributed by atoms with Crippen LogP contribution in [-0.2, 0) is 0 Å². The molecule has 2 aliphatic heterocycles. The van der Waals surface area contributed by atoms with Crippen molar-refractivity contribution in [2.24, 2.45) is 11.5 Å². The third-order valence-corrected chi connectivity index (χ3v) is 6.85. The van der Waals surface area contributed by atoms with E-state index in [0.717, 1.165) is 28.9 Å². The zero-order valence-corrected chi connectivity index (χ0v) is 18.8. The van der Waals surface area contributed by atoms with Gasteiger partial charge in [-0.15, -0.1) is 11.3 Å². The van der Waals surface area contributed by atoms with Crippen molar-refractivity contribution in [3.05, 3.63) is 63.6 Å². The van der Waals surface area contributed by atoms with Crippen LogP contribution in [0.3, 0.4) is 0 Å². The second kappa shape index (κ2) is 9.45. The first kappa shape index (κ1) is 22.5. The molecule has 0 unspecified atom stereocenters. The molecule has 172 valence electrons. The molecule has 0 aliphatic carbocycles. The van der Waals surface area contributed by atoms with E-state index in [1.165, 1.54) is 5.57 Å². The smallest absolute Gasteiger partial charge is 0.268 e. The largest absolute Gasteiger partial charge is 0.370 e. The number of guanidine groups is 2. The zero-order valence-electron chi connectivity index (χ0n) is 18.0. The predicted molar refractivity (Wildman–Crippen MR) is 131 cm³/mol. The summed E-state index contributed by atoms with van der Waals surface area (Å²) >= 11 is 1.08. The fourth-order valence-corrected chi connectivity index (χ4v) is 4.81. The number of anilines is 1. The van der Waals surface area contributed by atoms with Crippen molar-refractivity contribution in [1.29, 1.82) is 10.8 Å². The molecule has 0 atom stereocenters. The normalized spacial score (nSPS) is 16.2. The summed E-state index contributed by atoms with van der Waals surface area (Å²) in [5, 5.41) is 19.5. The van der Waals surface area contributed by atoms with Gasteiger partial charge in [-0.25, -0.2) is 4.39 Å². The Morgan fingerprint density at radius 1 is 0.970 bits per heavy atom. The number of hydrogen-bond acceptors (Lipinski definition) is 4. The Kier molecular flexibility index (Phi) is 6.45. The molecule has 1 aromatic heterocycles. The van der Waals surface area contributed by atoms with E-state index in [1.54, 1.807) is 27.3 Å². The van der Waals surface area contributed by atoms with Crippen molar-refractivity contribution in [3.63, 3.8) is 0 Å². The Bertz CT molecular complexity index is 1150. The summed E-state index contributed by atoms with van der Waals surface area (Å²) in [4.78, 5) is 16.2. The number of rotatable bonds is 4. The number of nitrogens with two attached hydrogens (primary N) is 2. The molecule has 0 saturated carbocycles. The quantitative estimate of drug-likeness (QED) is 0.348. The molecule has 0 fully saturated rings. The van der Waals surface area contributed by atoms with Crippen LogP contribution in [0.15, 0.2) is 41.8 Å². The molecule has 1 aromatic carbocycles. The van der Waals surface area contributed by atoms with Crippen LogP contribution in [0.2, 0.25) is 0 Å². The summed E-state index contributed by atoms with van der Waals surface area (Å²) in [5.74, 6) is -0.920. The van der Waals surface area contributed by atoms with Crippen LogP contribution in [0.5, 0.6) is 0 Å². The van der Waals surface area contributed by atoms with Gasteiger partial charge in [-0.3, -0.25) is 15.6 Å². The molecule has 0 radical (unpaired) electrons. The third-order valence-electron chi connectivity index (χ3n) is 5.90. The molecule has 2 aliphatic rings. The number of thiophene rings is 1. The van der Waals surface area contributed by atoms with E-state index in [2.05, 4.69) is 11.4 Å². The first-order chi connectivity index (χ1) is 15.8. The van der Waals surface area contributed by atoms with Crippen molar-refractivity contribution in [2.75, 3.05) is 31.5 Å². The van der Waals surface area contributed by atoms with Crippen LogP contribution in [0.4, 0.5) is 10.1 Å². The molecule has 33 heavy (non-hydrogen) atoms. The molecular formula is C23H26FN7OS. The lowest BCUT2D eigenvalue weighted by Crippen LogP contribution is -2.39. The minimum Gasteiger partial charge on any atom is -0.370 e. The number of carbonyl (C=O) groups is 1. The van der Waals surface area contributed by atoms with Gasteiger partial charge in [0.1, 0.15) is 4.88 Å². The SMILES string of the molecule is N=C(N)N1CC=C(c2ccc(NC(=O)c3scc(C4=CCN(C(=N)N)CC4)c3F)cc2)CC1. The molecular weight excluding hydrogens is 441 g/mol. The van der Waals surface area contributed by atoms with Gasteiger partial charge in [0.2, 0.25) is 0 Å². The fraction of sp³-hybridized carbons (Fsp3) is 0.261. The second-order valence-electron chi connectivity index (χ2n) is 7.95. The standard InChI is InChI=1S/C23H26FN7OS/c24-19-18(16-7-11-31(12-8-16)23(27)28)13-33-20(19)21(32)29-17-3-1-14(2-4-17)15-5-9-30(10-6-15)22(25)26/h1-5,7,13H,6,8-12H2,(H3,25,26)(H3,27,28)(H,29,32). The number of amides is 1. The molecule has 4 rings (SSSR count). The van der Waals surface area contributed by atoms with E-state index in [4.69, 9.17) is 22.3 Å². The van der Waals surface area contributed by atoms with Crippen LogP contribution in [-0.4, -0.2) is 53.8 Å². The van der Waals surface area contributed by atoms with Crippen LogP contribution >= 0.6 is 11.3 Å². The lowest BCUT2D eigenvalue weighted by molar-refractivity contribution is 0.102. The van der Waals surface area contributed by atoms with Gasteiger partial charge in [-0.05, 0) is 41.7 Å². The van der Waals surface area contributed by atoms with Gasteiger partial charge >= 0.3 is 0 Å².